The summed E-state index contributed by atoms with van der Waals surface area (Å²) in [6.45, 7) is 11.5. The molecule has 0 atom stereocenters. The van der Waals surface area contributed by atoms with Gasteiger partial charge < -0.3 is 9.64 Å². The number of Topliss-reactive ketones (excluding diaryl/α,β-unsaturated/α-hetero) is 2. The molecule has 0 aromatic heterocycles. The van der Waals surface area contributed by atoms with Crippen LogP contribution in [0, 0.1) is 36.5 Å². The highest BCUT2D eigenvalue weighted by molar-refractivity contribution is 6.10. The normalized spacial score (nSPS) is 18.9. The lowest BCUT2D eigenvalue weighted by Crippen LogP contribution is -2.49. The molecule has 2 aliphatic rings. The number of aryl methyl sites for hydroxylation is 2. The Morgan fingerprint density at radius 2 is 1.67 bits per heavy atom. The maximum Gasteiger partial charge on any atom is 0.223 e. The van der Waals surface area contributed by atoms with Crippen molar-refractivity contribution < 1.29 is 19.1 Å². The Bertz CT molecular complexity index is 959. The van der Waals surface area contributed by atoms with Gasteiger partial charge in [-0.3, -0.25) is 14.4 Å². The topological polar surface area (TPSA) is 63.7 Å². The van der Waals surface area contributed by atoms with Gasteiger partial charge in [-0.2, -0.15) is 0 Å². The minimum Gasteiger partial charge on any atom is -0.384 e. The standard InChI is InChI=1S/C28H37NO4/c1-7-8-21-13-19(2)25(20(3)14-21)26-22(30)15-28(16-23(26)31)9-11-29(12-10-28)24(32)17-27(4,5)18-33-6/h13-14,26H,9-12,15-18H2,1-6H3. The molecule has 0 radical (unpaired) electrons. The summed E-state index contributed by atoms with van der Waals surface area (Å²) in [5, 5.41) is 0. The van der Waals surface area contributed by atoms with Crippen molar-refractivity contribution in [1.82, 2.24) is 4.90 Å². The van der Waals surface area contributed by atoms with Crippen molar-refractivity contribution in [2.75, 3.05) is 26.8 Å². The minimum absolute atomic E-state index is 0.0211. The van der Waals surface area contributed by atoms with Crippen LogP contribution in [0.1, 0.15) is 81.0 Å². The number of amides is 1. The summed E-state index contributed by atoms with van der Waals surface area (Å²) >= 11 is 0. The molecule has 2 fully saturated rings. The Labute approximate surface area is 198 Å². The Morgan fingerprint density at radius 3 is 2.15 bits per heavy atom. The molecule has 1 saturated heterocycles. The van der Waals surface area contributed by atoms with Gasteiger partial charge in [0.2, 0.25) is 5.91 Å². The maximum atomic E-state index is 13.3. The van der Waals surface area contributed by atoms with Crippen LogP contribution in [0.15, 0.2) is 12.1 Å². The Morgan fingerprint density at radius 1 is 1.12 bits per heavy atom. The van der Waals surface area contributed by atoms with Crippen LogP contribution < -0.4 is 0 Å². The van der Waals surface area contributed by atoms with E-state index in [1.165, 1.54) is 0 Å². The van der Waals surface area contributed by atoms with E-state index in [-0.39, 0.29) is 28.3 Å². The summed E-state index contributed by atoms with van der Waals surface area (Å²) in [6.07, 6.45) is 2.67. The molecular formula is C28H37NO4. The zero-order valence-corrected chi connectivity index (χ0v) is 21.0. The van der Waals surface area contributed by atoms with E-state index in [0.29, 0.717) is 51.8 Å². The van der Waals surface area contributed by atoms with Crippen molar-refractivity contribution in [3.8, 4) is 11.8 Å². The third-order valence-electron chi connectivity index (χ3n) is 7.24. The molecule has 3 rings (SSSR count). The fraction of sp³-hybridized carbons (Fsp3) is 0.607. The van der Waals surface area contributed by atoms with Crippen LogP contribution in [0.5, 0.6) is 0 Å². The molecule has 1 amide bonds. The van der Waals surface area contributed by atoms with E-state index in [1.807, 2.05) is 44.7 Å². The number of carbonyl (C=O) groups is 3. The van der Waals surface area contributed by atoms with Gasteiger partial charge in [0.1, 0.15) is 17.5 Å². The molecule has 5 nitrogen and oxygen atoms in total. The molecule has 1 aliphatic heterocycles. The fourth-order valence-electron chi connectivity index (χ4n) is 5.70. The lowest BCUT2D eigenvalue weighted by atomic mass is 9.62. The fourth-order valence-corrected chi connectivity index (χ4v) is 5.70. The minimum atomic E-state index is -0.672. The van der Waals surface area contributed by atoms with E-state index >= 15 is 0 Å². The van der Waals surface area contributed by atoms with E-state index in [1.54, 1.807) is 14.0 Å². The molecule has 0 N–H and O–H groups in total. The van der Waals surface area contributed by atoms with Crippen molar-refractivity contribution in [3.05, 3.63) is 34.4 Å². The van der Waals surface area contributed by atoms with E-state index in [0.717, 1.165) is 22.3 Å². The maximum absolute atomic E-state index is 13.3. The van der Waals surface area contributed by atoms with Crippen LogP contribution in [0.2, 0.25) is 0 Å². The third-order valence-corrected chi connectivity index (χ3v) is 7.24. The van der Waals surface area contributed by atoms with E-state index in [4.69, 9.17) is 4.74 Å². The first-order valence-electron chi connectivity index (χ1n) is 11.9. The zero-order valence-electron chi connectivity index (χ0n) is 21.0. The van der Waals surface area contributed by atoms with E-state index in [2.05, 4.69) is 11.8 Å². The van der Waals surface area contributed by atoms with Gasteiger partial charge in [0.15, 0.2) is 0 Å². The second-order valence-corrected chi connectivity index (χ2v) is 10.8. The molecule has 1 heterocycles. The van der Waals surface area contributed by atoms with Gasteiger partial charge in [-0.25, -0.2) is 0 Å². The Kier molecular flexibility index (Phi) is 7.49. The number of benzene rings is 1. The van der Waals surface area contributed by atoms with Crippen molar-refractivity contribution in [2.45, 2.75) is 72.6 Å². The molecule has 33 heavy (non-hydrogen) atoms. The summed E-state index contributed by atoms with van der Waals surface area (Å²) in [6, 6.07) is 3.94. The highest BCUT2D eigenvalue weighted by Crippen LogP contribution is 2.46. The van der Waals surface area contributed by atoms with Crippen LogP contribution >= 0.6 is 0 Å². The van der Waals surface area contributed by atoms with Gasteiger partial charge >= 0.3 is 0 Å². The van der Waals surface area contributed by atoms with Gasteiger partial charge in [0, 0.05) is 45.0 Å². The monoisotopic (exact) mass is 451 g/mol. The summed E-state index contributed by atoms with van der Waals surface area (Å²) in [5.41, 5.74) is 3.16. The van der Waals surface area contributed by atoms with E-state index in [9.17, 15) is 14.4 Å². The SMILES string of the molecule is CC#Cc1cc(C)c(C2C(=O)CC3(CCN(C(=O)CC(C)(C)COC)CC3)CC2=O)c(C)c1. The summed E-state index contributed by atoms with van der Waals surface area (Å²) < 4.78 is 5.24. The van der Waals surface area contributed by atoms with Crippen LogP contribution in [0.25, 0.3) is 0 Å². The first-order valence-corrected chi connectivity index (χ1v) is 11.9. The van der Waals surface area contributed by atoms with Gasteiger partial charge in [0.25, 0.3) is 0 Å². The third kappa shape index (κ3) is 5.55. The largest absolute Gasteiger partial charge is 0.384 e. The predicted octanol–water partition coefficient (Wildman–Crippen LogP) is 4.36. The number of methoxy groups -OCH3 is 1. The predicted molar refractivity (Wildman–Crippen MR) is 129 cm³/mol. The smallest absolute Gasteiger partial charge is 0.223 e. The number of ketones is 2. The van der Waals surface area contributed by atoms with Gasteiger partial charge in [0.05, 0.1) is 6.61 Å². The lowest BCUT2D eigenvalue weighted by Gasteiger charge is -2.45. The molecule has 1 saturated carbocycles. The number of nitrogens with zero attached hydrogens (tertiary/aromatic N) is 1. The van der Waals surface area contributed by atoms with Crippen LogP contribution in [0.4, 0.5) is 0 Å². The number of likely N-dealkylation sites (tertiary alicyclic amines) is 1. The molecule has 0 unspecified atom stereocenters. The van der Waals surface area contributed by atoms with Crippen LogP contribution in [-0.4, -0.2) is 49.2 Å². The molecule has 178 valence electrons. The number of hydrogen-bond acceptors (Lipinski definition) is 4. The summed E-state index contributed by atoms with van der Waals surface area (Å²) in [5.74, 6) is 5.46. The highest BCUT2D eigenvalue weighted by atomic mass is 16.5. The second-order valence-electron chi connectivity index (χ2n) is 10.8. The average Bonchev–Trinajstić information content (AvgIpc) is 2.69. The molecule has 5 heteroatoms. The Balaban J connectivity index is 1.70. The van der Waals surface area contributed by atoms with E-state index < -0.39 is 5.92 Å². The number of carbonyl (C=O) groups excluding carboxylic acids is 3. The van der Waals surface area contributed by atoms with Gasteiger partial charge in [-0.15, -0.1) is 5.92 Å². The Hall–Kier alpha value is -2.45. The molecule has 1 aliphatic carbocycles. The molecule has 0 bridgehead atoms. The molecule has 1 spiro atoms. The number of rotatable bonds is 5. The number of piperidine rings is 1. The first kappa shape index (κ1) is 25.2. The second kappa shape index (κ2) is 9.81. The van der Waals surface area contributed by atoms with Crippen molar-refractivity contribution in [3.63, 3.8) is 0 Å². The van der Waals surface area contributed by atoms with Crippen LogP contribution in [-0.2, 0) is 19.1 Å². The van der Waals surface area contributed by atoms with Crippen molar-refractivity contribution in [2.24, 2.45) is 10.8 Å². The lowest BCUT2D eigenvalue weighted by molar-refractivity contribution is -0.141. The molecule has 1 aromatic carbocycles. The molecule has 1 aromatic rings. The average molecular weight is 452 g/mol. The van der Waals surface area contributed by atoms with Crippen molar-refractivity contribution >= 4 is 17.5 Å². The first-order chi connectivity index (χ1) is 15.5. The summed E-state index contributed by atoms with van der Waals surface area (Å²) in [4.78, 5) is 41.3. The van der Waals surface area contributed by atoms with Gasteiger partial charge in [-0.1, -0.05) is 19.8 Å². The van der Waals surface area contributed by atoms with Gasteiger partial charge in [-0.05, 0) is 73.3 Å². The summed E-state index contributed by atoms with van der Waals surface area (Å²) in [7, 11) is 1.65. The van der Waals surface area contributed by atoms with Crippen molar-refractivity contribution in [1.29, 1.82) is 0 Å². The highest BCUT2D eigenvalue weighted by Gasteiger charge is 2.48. The molecular weight excluding hydrogens is 414 g/mol. The number of hydrogen-bond donors (Lipinski definition) is 0. The van der Waals surface area contributed by atoms with Crippen LogP contribution in [0.3, 0.4) is 0 Å². The zero-order chi connectivity index (χ0) is 24.4. The number of ether oxygens (including phenoxy) is 1. The quantitative estimate of drug-likeness (QED) is 0.493.